The number of hydrogen-bond donors (Lipinski definition) is 1. The maximum atomic E-state index is 6.10. The molecule has 2 rings (SSSR count). The highest BCUT2D eigenvalue weighted by molar-refractivity contribution is 7.99. The molecule has 2 aromatic rings. The number of nitrogens with zero attached hydrogens (tertiary/aromatic N) is 2. The van der Waals surface area contributed by atoms with Gasteiger partial charge in [-0.3, -0.25) is 4.98 Å². The summed E-state index contributed by atoms with van der Waals surface area (Å²) in [6.45, 7) is 6.11. The van der Waals surface area contributed by atoms with Crippen molar-refractivity contribution in [3.05, 3.63) is 53.5 Å². The molecule has 4 heteroatoms. The summed E-state index contributed by atoms with van der Waals surface area (Å²) in [4.78, 5) is 8.97. The fraction of sp³-hybridized carbons (Fsp3) is 0.333. The van der Waals surface area contributed by atoms with Crippen molar-refractivity contribution in [3.63, 3.8) is 0 Å². The minimum atomic E-state index is 0.0162. The van der Waals surface area contributed by atoms with E-state index in [1.165, 1.54) is 5.56 Å². The minimum absolute atomic E-state index is 0.0162. The van der Waals surface area contributed by atoms with Crippen LogP contribution in [0.4, 0.5) is 0 Å². The van der Waals surface area contributed by atoms with Crippen LogP contribution in [0.25, 0.3) is 0 Å². The number of aryl methyl sites for hydroxylation is 2. The highest BCUT2D eigenvalue weighted by Crippen LogP contribution is 2.35. The normalized spacial score (nSPS) is 14.1. The van der Waals surface area contributed by atoms with E-state index in [-0.39, 0.29) is 11.3 Å². The van der Waals surface area contributed by atoms with Crippen LogP contribution in [0.15, 0.2) is 41.6 Å². The van der Waals surface area contributed by atoms with E-state index >= 15 is 0 Å². The molecule has 2 heterocycles. The van der Waals surface area contributed by atoms with Gasteiger partial charge in [-0.25, -0.2) is 4.98 Å². The van der Waals surface area contributed by atoms with E-state index in [4.69, 9.17) is 5.73 Å². The lowest BCUT2D eigenvalue weighted by Gasteiger charge is -2.19. The van der Waals surface area contributed by atoms with Crippen molar-refractivity contribution in [2.45, 2.75) is 37.1 Å². The molecule has 0 saturated heterocycles. The van der Waals surface area contributed by atoms with Gasteiger partial charge in [-0.1, -0.05) is 17.8 Å². The van der Waals surface area contributed by atoms with Crippen LogP contribution >= 0.6 is 11.8 Å². The third kappa shape index (κ3) is 3.78. The van der Waals surface area contributed by atoms with Crippen molar-refractivity contribution in [2.75, 3.05) is 0 Å². The Labute approximate surface area is 118 Å². The summed E-state index contributed by atoms with van der Waals surface area (Å²) < 4.78 is 0. The third-order valence-electron chi connectivity index (χ3n) is 2.78. The van der Waals surface area contributed by atoms with Crippen LogP contribution < -0.4 is 5.73 Å². The average Bonchev–Trinajstić information content (AvgIpc) is 2.35. The first-order chi connectivity index (χ1) is 9.06. The fourth-order valence-electron chi connectivity index (χ4n) is 1.98. The Hall–Kier alpha value is -1.39. The summed E-state index contributed by atoms with van der Waals surface area (Å²) in [6.07, 6.45) is 1.81. The molecule has 0 aliphatic rings. The van der Waals surface area contributed by atoms with Crippen molar-refractivity contribution in [3.8, 4) is 0 Å². The smallest absolute Gasteiger partial charge is 0.0972 e. The van der Waals surface area contributed by atoms with E-state index < -0.39 is 0 Å². The molecule has 100 valence electrons. The zero-order chi connectivity index (χ0) is 13.8. The topological polar surface area (TPSA) is 51.8 Å². The van der Waals surface area contributed by atoms with E-state index in [0.29, 0.717) is 0 Å². The van der Waals surface area contributed by atoms with Gasteiger partial charge in [0, 0.05) is 17.9 Å². The standard InChI is InChI=1S/C15H19N3S/c1-10-8-11(2)18-14(9-10)19-15(12(3)16)13-6-4-5-7-17-13/h4-9,12,15H,16H2,1-3H3. The number of aromatic nitrogens is 2. The van der Waals surface area contributed by atoms with Gasteiger partial charge in [-0.05, 0) is 50.6 Å². The van der Waals surface area contributed by atoms with Crippen LogP contribution in [0.1, 0.15) is 29.1 Å². The summed E-state index contributed by atoms with van der Waals surface area (Å²) in [5.41, 5.74) is 9.36. The van der Waals surface area contributed by atoms with Gasteiger partial charge in [0.2, 0.25) is 0 Å². The number of rotatable bonds is 4. The van der Waals surface area contributed by atoms with Gasteiger partial charge < -0.3 is 5.73 Å². The molecule has 0 aliphatic carbocycles. The monoisotopic (exact) mass is 273 g/mol. The summed E-state index contributed by atoms with van der Waals surface area (Å²) in [7, 11) is 0. The molecule has 0 spiro atoms. The maximum Gasteiger partial charge on any atom is 0.0972 e. The number of pyridine rings is 2. The molecule has 0 amide bonds. The molecule has 0 fully saturated rings. The Kier molecular flexibility index (Phi) is 4.56. The number of hydrogen-bond acceptors (Lipinski definition) is 4. The molecule has 0 aliphatic heterocycles. The van der Waals surface area contributed by atoms with E-state index in [0.717, 1.165) is 16.4 Å². The first-order valence-electron chi connectivity index (χ1n) is 6.34. The highest BCUT2D eigenvalue weighted by Gasteiger charge is 2.19. The quantitative estimate of drug-likeness (QED) is 0.869. The molecule has 0 bridgehead atoms. The number of nitrogens with two attached hydrogens (primary N) is 1. The summed E-state index contributed by atoms with van der Waals surface area (Å²) >= 11 is 1.68. The second-order valence-electron chi connectivity index (χ2n) is 4.78. The van der Waals surface area contributed by atoms with Crippen LogP contribution in [0, 0.1) is 13.8 Å². The molecule has 3 nitrogen and oxygen atoms in total. The lowest BCUT2D eigenvalue weighted by Crippen LogP contribution is -2.23. The Bertz CT molecular complexity index is 520. The van der Waals surface area contributed by atoms with Crippen molar-refractivity contribution < 1.29 is 0 Å². The van der Waals surface area contributed by atoms with Gasteiger partial charge in [0.15, 0.2) is 0 Å². The van der Waals surface area contributed by atoms with Crippen molar-refractivity contribution in [1.29, 1.82) is 0 Å². The van der Waals surface area contributed by atoms with Crippen LogP contribution in [0.2, 0.25) is 0 Å². The van der Waals surface area contributed by atoms with E-state index in [2.05, 4.69) is 29.0 Å². The van der Waals surface area contributed by atoms with Crippen LogP contribution in [0.5, 0.6) is 0 Å². The summed E-state index contributed by atoms with van der Waals surface area (Å²) in [5.74, 6) is 0. The maximum absolute atomic E-state index is 6.10. The molecule has 19 heavy (non-hydrogen) atoms. The number of thioether (sulfide) groups is 1. The molecule has 0 aromatic carbocycles. The molecule has 2 N–H and O–H groups in total. The van der Waals surface area contributed by atoms with E-state index in [1.54, 1.807) is 18.0 Å². The Morgan fingerprint density at radius 2 is 2.00 bits per heavy atom. The van der Waals surface area contributed by atoms with Crippen molar-refractivity contribution in [1.82, 2.24) is 9.97 Å². The first kappa shape index (κ1) is 14.0. The van der Waals surface area contributed by atoms with Crippen molar-refractivity contribution >= 4 is 11.8 Å². The Balaban J connectivity index is 2.27. The van der Waals surface area contributed by atoms with Crippen molar-refractivity contribution in [2.24, 2.45) is 5.73 Å². The van der Waals surface area contributed by atoms with Crippen LogP contribution in [0.3, 0.4) is 0 Å². The Morgan fingerprint density at radius 1 is 1.21 bits per heavy atom. The fourth-order valence-corrected chi connectivity index (χ4v) is 3.16. The molecule has 2 atom stereocenters. The zero-order valence-corrected chi connectivity index (χ0v) is 12.3. The highest BCUT2D eigenvalue weighted by atomic mass is 32.2. The summed E-state index contributed by atoms with van der Waals surface area (Å²) in [6, 6.07) is 10.1. The van der Waals surface area contributed by atoms with Crippen LogP contribution in [-0.4, -0.2) is 16.0 Å². The van der Waals surface area contributed by atoms with E-state index in [1.807, 2.05) is 32.0 Å². The third-order valence-corrected chi connectivity index (χ3v) is 4.15. The van der Waals surface area contributed by atoms with Gasteiger partial charge in [-0.2, -0.15) is 0 Å². The Morgan fingerprint density at radius 3 is 2.58 bits per heavy atom. The van der Waals surface area contributed by atoms with Gasteiger partial charge in [0.25, 0.3) is 0 Å². The predicted molar refractivity (Wildman–Crippen MR) is 80.2 cm³/mol. The molecule has 0 radical (unpaired) electrons. The zero-order valence-electron chi connectivity index (χ0n) is 11.5. The van der Waals surface area contributed by atoms with E-state index in [9.17, 15) is 0 Å². The lowest BCUT2D eigenvalue weighted by molar-refractivity contribution is 0.704. The first-order valence-corrected chi connectivity index (χ1v) is 7.22. The van der Waals surface area contributed by atoms with Gasteiger partial charge in [-0.15, -0.1) is 0 Å². The van der Waals surface area contributed by atoms with Crippen LogP contribution in [-0.2, 0) is 0 Å². The molecular weight excluding hydrogens is 254 g/mol. The average molecular weight is 273 g/mol. The lowest BCUT2D eigenvalue weighted by atomic mass is 10.2. The SMILES string of the molecule is Cc1cc(C)nc(SC(c2ccccn2)C(C)N)c1. The van der Waals surface area contributed by atoms with Gasteiger partial charge in [0.1, 0.15) is 0 Å². The van der Waals surface area contributed by atoms with Gasteiger partial charge >= 0.3 is 0 Å². The molecule has 2 unspecified atom stereocenters. The second-order valence-corrected chi connectivity index (χ2v) is 5.94. The predicted octanol–water partition coefficient (Wildman–Crippen LogP) is 3.27. The molecular formula is C15H19N3S. The minimum Gasteiger partial charge on any atom is -0.327 e. The molecule has 0 saturated carbocycles. The largest absolute Gasteiger partial charge is 0.327 e. The summed E-state index contributed by atoms with van der Waals surface area (Å²) in [5, 5.41) is 1.13. The molecule has 2 aromatic heterocycles. The second kappa shape index (κ2) is 6.17. The van der Waals surface area contributed by atoms with Gasteiger partial charge in [0.05, 0.1) is 16.0 Å².